The van der Waals surface area contributed by atoms with Crippen LogP contribution in [0.4, 0.5) is 0 Å². The van der Waals surface area contributed by atoms with Crippen molar-refractivity contribution in [3.63, 3.8) is 0 Å². The predicted octanol–water partition coefficient (Wildman–Crippen LogP) is 4.08. The zero-order valence-electron chi connectivity index (χ0n) is 9.54. The Hall–Kier alpha value is -0.700. The van der Waals surface area contributed by atoms with Gasteiger partial charge in [-0.1, -0.05) is 35.3 Å². The maximum atomic E-state index is 5.67. The fraction of sp³-hybridized carbons (Fsp3) is 0.538. The van der Waals surface area contributed by atoms with Crippen LogP contribution in [0.2, 0.25) is 0 Å². The maximum Gasteiger partial charge on any atom is 0.161 e. The Labute approximate surface area is 105 Å². The van der Waals surface area contributed by atoms with E-state index in [1.807, 2.05) is 6.07 Å². The molecule has 0 spiro atoms. The van der Waals surface area contributed by atoms with E-state index in [4.69, 9.17) is 9.47 Å². The Morgan fingerprint density at radius 2 is 2.00 bits per heavy atom. The van der Waals surface area contributed by atoms with Crippen LogP contribution in [0.5, 0.6) is 11.5 Å². The fourth-order valence-corrected chi connectivity index (χ4v) is 2.54. The molecule has 0 bridgehead atoms. The number of halogens is 1. The molecule has 0 aliphatic carbocycles. The van der Waals surface area contributed by atoms with Gasteiger partial charge in [0.05, 0.1) is 13.2 Å². The fourth-order valence-electron chi connectivity index (χ4n) is 1.79. The molecule has 0 radical (unpaired) electrons. The molecule has 88 valence electrons. The first kappa shape index (κ1) is 11.8. The van der Waals surface area contributed by atoms with Gasteiger partial charge in [0.25, 0.3) is 0 Å². The second-order valence-electron chi connectivity index (χ2n) is 4.01. The first-order valence-electron chi connectivity index (χ1n) is 5.85. The minimum Gasteiger partial charge on any atom is -0.490 e. The minimum atomic E-state index is 0.412. The molecule has 2 nitrogen and oxygen atoms in total. The van der Waals surface area contributed by atoms with E-state index in [-0.39, 0.29) is 0 Å². The Morgan fingerprint density at radius 3 is 2.75 bits per heavy atom. The molecule has 0 saturated carbocycles. The summed E-state index contributed by atoms with van der Waals surface area (Å²) in [5, 5.41) is 0. The van der Waals surface area contributed by atoms with Crippen molar-refractivity contribution in [2.75, 3.05) is 13.2 Å². The van der Waals surface area contributed by atoms with E-state index >= 15 is 0 Å². The smallest absolute Gasteiger partial charge is 0.161 e. The third-order valence-electron chi connectivity index (χ3n) is 2.68. The summed E-state index contributed by atoms with van der Waals surface area (Å²) in [4.78, 5) is 0.412. The van der Waals surface area contributed by atoms with E-state index in [0.717, 1.165) is 37.6 Å². The lowest BCUT2D eigenvalue weighted by molar-refractivity contribution is 0.297. The van der Waals surface area contributed by atoms with Gasteiger partial charge < -0.3 is 9.47 Å². The van der Waals surface area contributed by atoms with Crippen LogP contribution in [0.1, 0.15) is 36.6 Å². The predicted molar refractivity (Wildman–Crippen MR) is 68.6 cm³/mol. The molecule has 1 heterocycles. The minimum absolute atomic E-state index is 0.412. The van der Waals surface area contributed by atoms with Crippen LogP contribution in [0.25, 0.3) is 0 Å². The first-order chi connectivity index (χ1) is 7.81. The van der Waals surface area contributed by atoms with Crippen LogP contribution < -0.4 is 9.47 Å². The highest BCUT2D eigenvalue weighted by Gasteiger charge is 2.13. The maximum absolute atomic E-state index is 5.67. The van der Waals surface area contributed by atoms with E-state index < -0.39 is 0 Å². The summed E-state index contributed by atoms with van der Waals surface area (Å²) in [6, 6.07) is 6.22. The highest BCUT2D eigenvalue weighted by Crippen LogP contribution is 2.36. The SMILES string of the molecule is CCCC(Br)c1ccc2c(c1)OCCCO2. The second kappa shape index (κ2) is 5.58. The van der Waals surface area contributed by atoms with Crippen LogP contribution in [-0.2, 0) is 0 Å². The van der Waals surface area contributed by atoms with Gasteiger partial charge in [-0.05, 0) is 24.1 Å². The van der Waals surface area contributed by atoms with E-state index in [1.54, 1.807) is 0 Å². The molecule has 0 aromatic heterocycles. The summed E-state index contributed by atoms with van der Waals surface area (Å²) in [5.74, 6) is 1.76. The van der Waals surface area contributed by atoms with Gasteiger partial charge in [0.15, 0.2) is 11.5 Å². The summed E-state index contributed by atoms with van der Waals surface area (Å²) in [6.07, 6.45) is 3.26. The molecule has 1 aromatic carbocycles. The molecule has 1 aromatic rings. The molecule has 0 N–H and O–H groups in total. The van der Waals surface area contributed by atoms with Crippen molar-refractivity contribution in [2.24, 2.45) is 0 Å². The number of hydrogen-bond acceptors (Lipinski definition) is 2. The zero-order valence-corrected chi connectivity index (χ0v) is 11.1. The Kier molecular flexibility index (Phi) is 4.10. The monoisotopic (exact) mass is 284 g/mol. The largest absolute Gasteiger partial charge is 0.490 e. The lowest BCUT2D eigenvalue weighted by Crippen LogP contribution is -1.97. The summed E-state index contributed by atoms with van der Waals surface area (Å²) in [7, 11) is 0. The van der Waals surface area contributed by atoms with Gasteiger partial charge in [0.1, 0.15) is 0 Å². The number of ether oxygens (including phenoxy) is 2. The third-order valence-corrected chi connectivity index (χ3v) is 3.66. The van der Waals surface area contributed by atoms with Crippen LogP contribution in [-0.4, -0.2) is 13.2 Å². The van der Waals surface area contributed by atoms with Gasteiger partial charge >= 0.3 is 0 Å². The normalized spacial score (nSPS) is 16.6. The van der Waals surface area contributed by atoms with E-state index in [1.165, 1.54) is 12.0 Å². The van der Waals surface area contributed by atoms with Crippen molar-refractivity contribution in [1.29, 1.82) is 0 Å². The molecule has 0 fully saturated rings. The van der Waals surface area contributed by atoms with Crippen LogP contribution in [0.15, 0.2) is 18.2 Å². The van der Waals surface area contributed by atoms with Crippen molar-refractivity contribution < 1.29 is 9.47 Å². The third kappa shape index (κ3) is 2.70. The van der Waals surface area contributed by atoms with Gasteiger partial charge in [-0.2, -0.15) is 0 Å². The standard InChI is InChI=1S/C13H17BrO2/c1-2-4-11(14)10-5-6-12-13(9-10)16-8-3-7-15-12/h5-6,9,11H,2-4,7-8H2,1H3. The second-order valence-corrected chi connectivity index (χ2v) is 5.12. The Balaban J connectivity index is 2.20. The number of hydrogen-bond donors (Lipinski definition) is 0. The van der Waals surface area contributed by atoms with Gasteiger partial charge in [-0.15, -0.1) is 0 Å². The van der Waals surface area contributed by atoms with Gasteiger partial charge in [0, 0.05) is 11.2 Å². The number of alkyl halides is 1. The van der Waals surface area contributed by atoms with Crippen LogP contribution >= 0.6 is 15.9 Å². The molecule has 0 amide bonds. The molecule has 1 unspecified atom stereocenters. The topological polar surface area (TPSA) is 18.5 Å². The molecular formula is C13H17BrO2. The molecule has 1 aliphatic rings. The summed E-state index contributed by atoms with van der Waals surface area (Å²) >= 11 is 3.70. The molecule has 0 saturated heterocycles. The first-order valence-corrected chi connectivity index (χ1v) is 6.76. The Bertz CT molecular complexity index is 352. The van der Waals surface area contributed by atoms with Crippen LogP contribution in [0, 0.1) is 0 Å². The van der Waals surface area contributed by atoms with E-state index in [0.29, 0.717) is 4.83 Å². The molecular weight excluding hydrogens is 268 g/mol. The van der Waals surface area contributed by atoms with Gasteiger partial charge in [-0.3, -0.25) is 0 Å². The highest BCUT2D eigenvalue weighted by molar-refractivity contribution is 9.09. The van der Waals surface area contributed by atoms with E-state index in [2.05, 4.69) is 35.0 Å². The molecule has 1 aliphatic heterocycles. The van der Waals surface area contributed by atoms with Crippen molar-refractivity contribution in [1.82, 2.24) is 0 Å². The zero-order chi connectivity index (χ0) is 11.4. The summed E-state index contributed by atoms with van der Waals surface area (Å²) in [6.45, 7) is 3.69. The van der Waals surface area contributed by atoms with E-state index in [9.17, 15) is 0 Å². The average molecular weight is 285 g/mol. The lowest BCUT2D eigenvalue weighted by atomic mass is 10.1. The van der Waals surface area contributed by atoms with Crippen molar-refractivity contribution in [3.05, 3.63) is 23.8 Å². The summed E-state index contributed by atoms with van der Waals surface area (Å²) < 4.78 is 11.3. The van der Waals surface area contributed by atoms with Crippen LogP contribution in [0.3, 0.4) is 0 Å². The average Bonchev–Trinajstić information content (AvgIpc) is 2.53. The quantitative estimate of drug-likeness (QED) is 0.779. The van der Waals surface area contributed by atoms with Gasteiger partial charge in [-0.25, -0.2) is 0 Å². The molecule has 2 rings (SSSR count). The number of rotatable bonds is 3. The number of fused-ring (bicyclic) bond motifs is 1. The molecule has 1 atom stereocenters. The van der Waals surface area contributed by atoms with Crippen molar-refractivity contribution in [3.8, 4) is 11.5 Å². The Morgan fingerprint density at radius 1 is 1.25 bits per heavy atom. The van der Waals surface area contributed by atoms with Gasteiger partial charge in [0.2, 0.25) is 0 Å². The lowest BCUT2D eigenvalue weighted by Gasteiger charge is -2.12. The molecule has 16 heavy (non-hydrogen) atoms. The summed E-state index contributed by atoms with van der Waals surface area (Å²) in [5.41, 5.74) is 1.27. The molecule has 3 heteroatoms. The van der Waals surface area contributed by atoms with Crippen molar-refractivity contribution >= 4 is 15.9 Å². The highest BCUT2D eigenvalue weighted by atomic mass is 79.9. The van der Waals surface area contributed by atoms with Crippen molar-refractivity contribution in [2.45, 2.75) is 31.0 Å². The number of benzene rings is 1.